The fourth-order valence-electron chi connectivity index (χ4n) is 2.78. The van der Waals surface area contributed by atoms with Gasteiger partial charge in [0.2, 0.25) is 0 Å². The lowest BCUT2D eigenvalue weighted by atomic mass is 10.1. The van der Waals surface area contributed by atoms with Gasteiger partial charge in [-0.3, -0.25) is 4.79 Å². The molecule has 1 heterocycles. The van der Waals surface area contributed by atoms with E-state index >= 15 is 0 Å². The Labute approximate surface area is 148 Å². The molecular formula is C19H18F3N3O. The summed E-state index contributed by atoms with van der Waals surface area (Å²) >= 11 is 0. The van der Waals surface area contributed by atoms with Gasteiger partial charge in [0.05, 0.1) is 16.6 Å². The average Bonchev–Trinajstić information content (AvgIpc) is 2.62. The van der Waals surface area contributed by atoms with Crippen molar-refractivity contribution in [3.05, 3.63) is 75.7 Å². The lowest BCUT2D eigenvalue weighted by molar-refractivity contribution is -0.137. The number of nitrogens with one attached hydrogen (secondary N) is 1. The van der Waals surface area contributed by atoms with Gasteiger partial charge in [-0.2, -0.15) is 13.2 Å². The van der Waals surface area contributed by atoms with Crippen LogP contribution in [0.5, 0.6) is 0 Å². The molecule has 0 unspecified atom stereocenters. The molecule has 4 nitrogen and oxygen atoms in total. The van der Waals surface area contributed by atoms with Gasteiger partial charge in [0.25, 0.3) is 5.56 Å². The Balaban J connectivity index is 1.77. The smallest absolute Gasteiger partial charge is 0.308 e. The largest absolute Gasteiger partial charge is 0.416 e. The Morgan fingerprint density at radius 2 is 1.77 bits per heavy atom. The fraction of sp³-hybridized carbons (Fsp3) is 0.263. The zero-order valence-electron chi connectivity index (χ0n) is 14.3. The molecule has 0 aliphatic carbocycles. The quantitative estimate of drug-likeness (QED) is 0.769. The normalized spacial score (nSPS) is 13.1. The summed E-state index contributed by atoms with van der Waals surface area (Å²) < 4.78 is 39.5. The lowest BCUT2D eigenvalue weighted by Gasteiger charge is -2.16. The van der Waals surface area contributed by atoms with E-state index < -0.39 is 11.7 Å². The van der Waals surface area contributed by atoms with Crippen molar-refractivity contribution in [1.82, 2.24) is 14.9 Å². The molecule has 0 fully saturated rings. The minimum absolute atomic E-state index is 0.198. The van der Waals surface area contributed by atoms with E-state index in [1.807, 2.05) is 31.2 Å². The number of fused-ring (bicyclic) bond motifs is 1. The second kappa shape index (κ2) is 6.92. The summed E-state index contributed by atoms with van der Waals surface area (Å²) in [5.74, 6) is 0. The molecule has 0 aliphatic rings. The number of aryl methyl sites for hydroxylation is 1. The number of nitrogens with zero attached hydrogens (tertiary/aromatic N) is 2. The second-order valence-electron chi connectivity index (χ2n) is 6.13. The van der Waals surface area contributed by atoms with E-state index in [0.29, 0.717) is 16.8 Å². The Kier molecular flexibility index (Phi) is 4.82. The van der Waals surface area contributed by atoms with Crippen molar-refractivity contribution in [2.45, 2.75) is 25.7 Å². The SMILES string of the molecule is C[C@H](NCc1nc2ccccc2n(C)c1=O)c1ccc(C(F)(F)F)cc1. The second-order valence-corrected chi connectivity index (χ2v) is 6.13. The van der Waals surface area contributed by atoms with Crippen molar-refractivity contribution < 1.29 is 13.2 Å². The summed E-state index contributed by atoms with van der Waals surface area (Å²) in [5.41, 5.74) is 1.65. The van der Waals surface area contributed by atoms with Gasteiger partial charge in [0, 0.05) is 19.6 Å². The van der Waals surface area contributed by atoms with E-state index in [4.69, 9.17) is 0 Å². The average molecular weight is 361 g/mol. The summed E-state index contributed by atoms with van der Waals surface area (Å²) in [6.07, 6.45) is -4.35. The predicted molar refractivity (Wildman–Crippen MR) is 93.7 cm³/mol. The Morgan fingerprint density at radius 3 is 2.42 bits per heavy atom. The van der Waals surface area contributed by atoms with Crippen molar-refractivity contribution in [3.8, 4) is 0 Å². The molecule has 0 saturated heterocycles. The first-order chi connectivity index (χ1) is 12.3. The maximum absolute atomic E-state index is 12.6. The van der Waals surface area contributed by atoms with Gasteiger partial charge >= 0.3 is 6.18 Å². The number of hydrogen-bond donors (Lipinski definition) is 1. The maximum Gasteiger partial charge on any atom is 0.416 e. The standard InChI is InChI=1S/C19H18F3N3O/c1-12(13-7-9-14(10-8-13)19(20,21)22)23-11-16-18(26)25(2)17-6-4-3-5-15(17)24-16/h3-10,12,23H,11H2,1-2H3/t12-/m0/s1. The van der Waals surface area contributed by atoms with Gasteiger partial charge in [0.15, 0.2) is 0 Å². The van der Waals surface area contributed by atoms with Crippen LogP contribution in [0.15, 0.2) is 53.3 Å². The Morgan fingerprint density at radius 1 is 1.12 bits per heavy atom. The van der Waals surface area contributed by atoms with Crippen molar-refractivity contribution in [3.63, 3.8) is 0 Å². The number of hydrogen-bond acceptors (Lipinski definition) is 3. The number of halogens is 3. The lowest BCUT2D eigenvalue weighted by Crippen LogP contribution is -2.28. The molecule has 3 aromatic rings. The van der Waals surface area contributed by atoms with Gasteiger partial charge in [-0.05, 0) is 36.8 Å². The van der Waals surface area contributed by atoms with Crippen LogP contribution in [0.4, 0.5) is 13.2 Å². The molecule has 26 heavy (non-hydrogen) atoms. The van der Waals surface area contributed by atoms with Gasteiger partial charge in [-0.25, -0.2) is 4.98 Å². The third-order valence-electron chi connectivity index (χ3n) is 4.36. The third-order valence-corrected chi connectivity index (χ3v) is 4.36. The number of rotatable bonds is 4. The van der Waals surface area contributed by atoms with E-state index in [0.717, 1.165) is 17.6 Å². The van der Waals surface area contributed by atoms with E-state index in [9.17, 15) is 18.0 Å². The minimum Gasteiger partial charge on any atom is -0.308 e. The van der Waals surface area contributed by atoms with E-state index in [-0.39, 0.29) is 18.1 Å². The van der Waals surface area contributed by atoms with Crippen LogP contribution in [0.3, 0.4) is 0 Å². The van der Waals surface area contributed by atoms with Crippen molar-refractivity contribution in [2.75, 3.05) is 0 Å². The molecule has 1 aromatic heterocycles. The molecule has 1 N–H and O–H groups in total. The van der Waals surface area contributed by atoms with Crippen LogP contribution >= 0.6 is 0 Å². The summed E-state index contributed by atoms with van der Waals surface area (Å²) in [6.45, 7) is 2.05. The van der Waals surface area contributed by atoms with Gasteiger partial charge in [-0.1, -0.05) is 24.3 Å². The molecule has 3 rings (SSSR count). The molecule has 0 radical (unpaired) electrons. The number of aromatic nitrogens is 2. The highest BCUT2D eigenvalue weighted by Gasteiger charge is 2.30. The summed E-state index contributed by atoms with van der Waals surface area (Å²) in [7, 11) is 1.69. The van der Waals surface area contributed by atoms with Gasteiger partial charge in [-0.15, -0.1) is 0 Å². The van der Waals surface area contributed by atoms with Crippen molar-refractivity contribution >= 4 is 11.0 Å². The van der Waals surface area contributed by atoms with Gasteiger partial charge in [0.1, 0.15) is 5.69 Å². The molecule has 0 saturated carbocycles. The molecule has 2 aromatic carbocycles. The van der Waals surface area contributed by atoms with E-state index in [1.54, 1.807) is 11.6 Å². The topological polar surface area (TPSA) is 46.9 Å². The molecule has 0 amide bonds. The minimum atomic E-state index is -4.35. The Bertz CT molecular complexity index is 978. The molecule has 1 atom stereocenters. The highest BCUT2D eigenvalue weighted by atomic mass is 19.4. The summed E-state index contributed by atoms with van der Waals surface area (Å²) in [4.78, 5) is 16.8. The van der Waals surface area contributed by atoms with E-state index in [2.05, 4.69) is 10.3 Å². The highest BCUT2D eigenvalue weighted by Crippen LogP contribution is 2.29. The van der Waals surface area contributed by atoms with Crippen LogP contribution < -0.4 is 10.9 Å². The molecule has 0 spiro atoms. The third kappa shape index (κ3) is 3.62. The van der Waals surface area contributed by atoms with Crippen molar-refractivity contribution in [1.29, 1.82) is 0 Å². The number of alkyl halides is 3. The van der Waals surface area contributed by atoms with E-state index in [1.165, 1.54) is 12.1 Å². The summed E-state index contributed by atoms with van der Waals surface area (Å²) in [6, 6.07) is 12.1. The summed E-state index contributed by atoms with van der Waals surface area (Å²) in [5, 5.41) is 3.15. The highest BCUT2D eigenvalue weighted by molar-refractivity contribution is 5.74. The van der Waals surface area contributed by atoms with Gasteiger partial charge < -0.3 is 9.88 Å². The first-order valence-corrected chi connectivity index (χ1v) is 8.12. The number of benzene rings is 2. The zero-order valence-corrected chi connectivity index (χ0v) is 14.3. The molecule has 0 aliphatic heterocycles. The monoisotopic (exact) mass is 361 g/mol. The first kappa shape index (κ1) is 18.1. The molecule has 7 heteroatoms. The van der Waals surface area contributed by atoms with Crippen LogP contribution in [0.1, 0.15) is 29.8 Å². The van der Waals surface area contributed by atoms with Crippen LogP contribution in [-0.2, 0) is 19.8 Å². The van der Waals surface area contributed by atoms with Crippen LogP contribution in [0.2, 0.25) is 0 Å². The van der Waals surface area contributed by atoms with Crippen LogP contribution in [0.25, 0.3) is 11.0 Å². The maximum atomic E-state index is 12.6. The van der Waals surface area contributed by atoms with Crippen molar-refractivity contribution in [2.24, 2.45) is 7.05 Å². The predicted octanol–water partition coefficient (Wildman–Crippen LogP) is 3.80. The number of para-hydroxylation sites is 2. The molecule has 0 bridgehead atoms. The molecule has 136 valence electrons. The molecular weight excluding hydrogens is 343 g/mol. The first-order valence-electron chi connectivity index (χ1n) is 8.12. The fourth-order valence-corrected chi connectivity index (χ4v) is 2.78. The zero-order chi connectivity index (χ0) is 18.9. The van der Waals surface area contributed by atoms with Crippen LogP contribution in [-0.4, -0.2) is 9.55 Å². The van der Waals surface area contributed by atoms with Crippen LogP contribution in [0, 0.1) is 0 Å². The Hall–Kier alpha value is -2.67.